The van der Waals surface area contributed by atoms with Crippen LogP contribution in [0.4, 0.5) is 0 Å². The Morgan fingerprint density at radius 3 is 2.85 bits per heavy atom. The third-order valence-corrected chi connectivity index (χ3v) is 5.13. The minimum Gasteiger partial charge on any atom is -0.486 e. The Balaban J connectivity index is 1.46. The van der Waals surface area contributed by atoms with Crippen LogP contribution < -0.4 is 9.47 Å². The smallest absolute Gasteiger partial charge is 0.256 e. The largest absolute Gasteiger partial charge is 0.486 e. The van der Waals surface area contributed by atoms with Crippen LogP contribution in [0.15, 0.2) is 57.5 Å². The fourth-order valence-electron chi connectivity index (χ4n) is 3.14. The van der Waals surface area contributed by atoms with E-state index in [0.717, 1.165) is 28.6 Å². The van der Waals surface area contributed by atoms with Gasteiger partial charge in [-0.15, -0.1) is 0 Å². The fraction of sp³-hybridized carbons (Fsp3) is 0.250. The zero-order valence-electron chi connectivity index (χ0n) is 14.3. The lowest BCUT2D eigenvalue weighted by atomic mass is 10.1. The number of hydrogen-bond donors (Lipinski definition) is 0. The third-order valence-electron chi connectivity index (χ3n) is 4.39. The molecule has 0 radical (unpaired) electrons. The van der Waals surface area contributed by atoms with Gasteiger partial charge < -0.3 is 18.7 Å². The molecule has 3 aromatic rings. The summed E-state index contributed by atoms with van der Waals surface area (Å²) in [5.41, 5.74) is 3.52. The van der Waals surface area contributed by atoms with Crippen LogP contribution in [-0.4, -0.2) is 19.1 Å². The van der Waals surface area contributed by atoms with E-state index in [1.54, 1.807) is 13.2 Å². The number of rotatable bonds is 6. The molecule has 1 aliphatic rings. The first kappa shape index (κ1) is 17.1. The molecule has 1 aliphatic carbocycles. The van der Waals surface area contributed by atoms with E-state index in [1.807, 2.05) is 24.3 Å². The molecule has 134 valence electrons. The average molecular weight is 416 g/mol. The molecular weight excluding hydrogens is 398 g/mol. The van der Waals surface area contributed by atoms with Crippen molar-refractivity contribution in [2.75, 3.05) is 13.9 Å². The van der Waals surface area contributed by atoms with Gasteiger partial charge >= 0.3 is 0 Å². The second-order valence-electron chi connectivity index (χ2n) is 6.06. The summed E-state index contributed by atoms with van der Waals surface area (Å²) < 4.78 is 22.8. The minimum absolute atomic E-state index is 0.0904. The van der Waals surface area contributed by atoms with Crippen molar-refractivity contribution in [3.8, 4) is 23.0 Å². The van der Waals surface area contributed by atoms with Crippen LogP contribution in [0.3, 0.4) is 0 Å². The first-order valence-electron chi connectivity index (χ1n) is 8.37. The highest BCUT2D eigenvalue weighted by atomic mass is 79.9. The average Bonchev–Trinajstić information content (AvgIpc) is 3.29. The van der Waals surface area contributed by atoms with Crippen LogP contribution in [0.2, 0.25) is 0 Å². The van der Waals surface area contributed by atoms with Crippen LogP contribution in [0, 0.1) is 0 Å². The molecule has 0 aliphatic heterocycles. The number of nitrogens with zero attached hydrogens (tertiary/aromatic N) is 1. The lowest BCUT2D eigenvalue weighted by Gasteiger charge is -2.15. The van der Waals surface area contributed by atoms with E-state index in [-0.39, 0.29) is 12.9 Å². The lowest BCUT2D eigenvalue weighted by molar-refractivity contribution is 0.0453. The van der Waals surface area contributed by atoms with Crippen LogP contribution in [0.1, 0.15) is 23.7 Å². The summed E-state index contributed by atoms with van der Waals surface area (Å²) in [5.74, 6) is 1.87. The van der Waals surface area contributed by atoms with E-state index < -0.39 is 0 Å². The monoisotopic (exact) mass is 415 g/mol. The predicted molar refractivity (Wildman–Crippen MR) is 100 cm³/mol. The maximum atomic E-state index is 6.20. The Labute approximate surface area is 160 Å². The summed E-state index contributed by atoms with van der Waals surface area (Å²) in [6, 6.07) is 15.8. The highest BCUT2D eigenvalue weighted by Gasteiger charge is 2.25. The van der Waals surface area contributed by atoms with Crippen molar-refractivity contribution in [1.82, 2.24) is 5.16 Å². The molecule has 0 spiro atoms. The first-order chi connectivity index (χ1) is 12.7. The van der Waals surface area contributed by atoms with E-state index in [1.165, 1.54) is 11.1 Å². The van der Waals surface area contributed by atoms with Crippen molar-refractivity contribution in [2.24, 2.45) is 0 Å². The summed E-state index contributed by atoms with van der Waals surface area (Å²) >= 11 is 3.62. The van der Waals surface area contributed by atoms with Gasteiger partial charge in [0.05, 0.1) is 0 Å². The van der Waals surface area contributed by atoms with Crippen LogP contribution in [0.5, 0.6) is 11.6 Å². The predicted octanol–water partition coefficient (Wildman–Crippen LogP) is 5.15. The second kappa shape index (κ2) is 7.51. The Bertz CT molecular complexity index is 891. The van der Waals surface area contributed by atoms with E-state index in [9.17, 15) is 0 Å². The third kappa shape index (κ3) is 3.48. The summed E-state index contributed by atoms with van der Waals surface area (Å²) in [6.07, 6.45) is 2.11. The van der Waals surface area contributed by atoms with Gasteiger partial charge in [0, 0.05) is 23.2 Å². The topological polar surface area (TPSA) is 53.7 Å². The second-order valence-corrected chi connectivity index (χ2v) is 6.91. The highest BCUT2D eigenvalue weighted by Crippen LogP contribution is 2.38. The highest BCUT2D eigenvalue weighted by molar-refractivity contribution is 9.10. The van der Waals surface area contributed by atoms with Crippen LogP contribution in [0.25, 0.3) is 11.3 Å². The van der Waals surface area contributed by atoms with Crippen LogP contribution >= 0.6 is 15.9 Å². The van der Waals surface area contributed by atoms with Crippen molar-refractivity contribution in [1.29, 1.82) is 0 Å². The van der Waals surface area contributed by atoms with Gasteiger partial charge in [-0.2, -0.15) is 0 Å². The number of fused-ring (bicyclic) bond motifs is 1. The Hall–Kier alpha value is -2.31. The normalized spacial score (nSPS) is 15.7. The summed E-state index contributed by atoms with van der Waals surface area (Å²) in [4.78, 5) is 0. The van der Waals surface area contributed by atoms with Crippen LogP contribution in [-0.2, 0) is 11.2 Å². The van der Waals surface area contributed by atoms with Gasteiger partial charge in [-0.1, -0.05) is 28.1 Å². The molecule has 0 saturated carbocycles. The molecule has 4 rings (SSSR count). The molecule has 6 heteroatoms. The zero-order chi connectivity index (χ0) is 17.9. The number of halogens is 1. The fourth-order valence-corrected chi connectivity index (χ4v) is 3.72. The molecule has 0 saturated heterocycles. The first-order valence-corrected chi connectivity index (χ1v) is 9.17. The molecule has 0 bridgehead atoms. The standard InChI is InChI=1S/C20H18BrNO4/c1-23-12-24-20-11-19(26-22-20)13-5-7-14(8-6-13)25-18-10-9-15-16(18)3-2-4-17(15)21/h2-8,11,18H,9-10,12H2,1H3. The molecule has 0 fully saturated rings. The molecule has 26 heavy (non-hydrogen) atoms. The van der Waals surface area contributed by atoms with E-state index in [0.29, 0.717) is 11.6 Å². The van der Waals surface area contributed by atoms with Gasteiger partial charge in [0.15, 0.2) is 12.6 Å². The molecule has 1 heterocycles. The Morgan fingerprint density at radius 2 is 2.04 bits per heavy atom. The number of ether oxygens (including phenoxy) is 3. The zero-order valence-corrected chi connectivity index (χ0v) is 15.9. The van der Waals surface area contributed by atoms with Gasteiger partial charge in [-0.25, -0.2) is 0 Å². The summed E-state index contributed by atoms with van der Waals surface area (Å²) in [5, 5.41) is 3.86. The van der Waals surface area contributed by atoms with Crippen molar-refractivity contribution >= 4 is 15.9 Å². The number of hydrogen-bond acceptors (Lipinski definition) is 5. The van der Waals surface area contributed by atoms with Gasteiger partial charge in [0.1, 0.15) is 11.9 Å². The van der Waals surface area contributed by atoms with Crippen molar-refractivity contribution in [3.05, 3.63) is 64.1 Å². The van der Waals surface area contributed by atoms with E-state index >= 15 is 0 Å². The molecule has 0 amide bonds. The van der Waals surface area contributed by atoms with Gasteiger partial charge in [-0.3, -0.25) is 0 Å². The SMILES string of the molecule is COCOc1cc(-c2ccc(OC3CCc4c(Br)cccc43)cc2)on1. The molecule has 1 unspecified atom stereocenters. The van der Waals surface area contributed by atoms with Crippen molar-refractivity contribution < 1.29 is 18.7 Å². The van der Waals surface area contributed by atoms with Gasteiger partial charge in [-0.05, 0) is 59.5 Å². The quantitative estimate of drug-likeness (QED) is 0.520. The summed E-state index contributed by atoms with van der Waals surface area (Å²) in [7, 11) is 1.56. The molecule has 5 nitrogen and oxygen atoms in total. The molecule has 0 N–H and O–H groups in total. The molecular formula is C20H18BrNO4. The molecule has 1 aromatic heterocycles. The lowest BCUT2D eigenvalue weighted by Crippen LogP contribution is -2.03. The maximum absolute atomic E-state index is 6.20. The van der Waals surface area contributed by atoms with Crippen molar-refractivity contribution in [3.63, 3.8) is 0 Å². The van der Waals surface area contributed by atoms with Gasteiger partial charge in [0.25, 0.3) is 5.88 Å². The Morgan fingerprint density at radius 1 is 1.19 bits per heavy atom. The minimum atomic E-state index is 0.0904. The molecule has 2 aromatic carbocycles. The number of benzene rings is 2. The van der Waals surface area contributed by atoms with Gasteiger partial charge in [0.2, 0.25) is 0 Å². The summed E-state index contributed by atoms with van der Waals surface area (Å²) in [6.45, 7) is 0.137. The maximum Gasteiger partial charge on any atom is 0.256 e. The van der Waals surface area contributed by atoms with Crippen molar-refractivity contribution in [2.45, 2.75) is 18.9 Å². The number of methoxy groups -OCH3 is 1. The molecule has 1 atom stereocenters. The van der Waals surface area contributed by atoms with E-state index in [4.69, 9.17) is 18.7 Å². The number of aromatic nitrogens is 1. The Kier molecular flexibility index (Phi) is 4.95. The van der Waals surface area contributed by atoms with E-state index in [2.05, 4.69) is 39.3 Å².